The minimum atomic E-state index is -1.42. The molecule has 5 nitrogen and oxygen atoms in total. The van der Waals surface area contributed by atoms with E-state index in [4.69, 9.17) is 5.73 Å². The molecular formula is C9H7BrN3O2S-. The van der Waals surface area contributed by atoms with E-state index in [9.17, 15) is 9.90 Å². The summed E-state index contributed by atoms with van der Waals surface area (Å²) in [6.07, 6.45) is 0. The van der Waals surface area contributed by atoms with Crippen molar-refractivity contribution >= 4 is 44.9 Å². The number of nitrogens with two attached hydrogens (primary N) is 1. The highest BCUT2D eigenvalue weighted by Gasteiger charge is 2.08. The Kier molecular flexibility index (Phi) is 4.39. The van der Waals surface area contributed by atoms with Gasteiger partial charge in [-0.1, -0.05) is 34.1 Å². The summed E-state index contributed by atoms with van der Waals surface area (Å²) in [6, 6.07) is 6.70. The van der Waals surface area contributed by atoms with E-state index in [1.54, 1.807) is 24.3 Å². The van der Waals surface area contributed by atoms with Crippen LogP contribution in [-0.2, 0) is 4.79 Å². The molecule has 0 unspecified atom stereocenters. The van der Waals surface area contributed by atoms with Crippen molar-refractivity contribution in [3.63, 3.8) is 0 Å². The number of aliphatic carboxylic acids is 1. The van der Waals surface area contributed by atoms with Gasteiger partial charge in [0, 0.05) is 10.0 Å². The van der Waals surface area contributed by atoms with E-state index in [0.29, 0.717) is 10.0 Å². The number of nitrogens with one attached hydrogen (secondary N) is 1. The molecule has 0 aliphatic heterocycles. The Labute approximate surface area is 105 Å². The molecule has 0 spiro atoms. The maximum Gasteiger partial charge on any atom is 0.184 e. The lowest BCUT2D eigenvalue weighted by molar-refractivity contribution is -0.294. The minimum absolute atomic E-state index is 0.120. The van der Waals surface area contributed by atoms with Gasteiger partial charge in [0.05, 0.1) is 5.97 Å². The first-order valence-corrected chi connectivity index (χ1v) is 5.32. The lowest BCUT2D eigenvalue weighted by Crippen LogP contribution is -2.35. The molecule has 0 aliphatic rings. The van der Waals surface area contributed by atoms with E-state index in [-0.39, 0.29) is 10.8 Å². The van der Waals surface area contributed by atoms with Crippen LogP contribution in [0.1, 0.15) is 5.56 Å². The molecule has 0 aliphatic carbocycles. The van der Waals surface area contributed by atoms with Crippen LogP contribution in [0, 0.1) is 0 Å². The van der Waals surface area contributed by atoms with Crippen molar-refractivity contribution in [1.82, 2.24) is 5.43 Å². The molecule has 0 bridgehead atoms. The molecule has 16 heavy (non-hydrogen) atoms. The van der Waals surface area contributed by atoms with E-state index in [2.05, 4.69) is 38.7 Å². The third-order valence-electron chi connectivity index (χ3n) is 1.60. The Bertz CT molecular complexity index is 462. The van der Waals surface area contributed by atoms with Gasteiger partial charge in [0.1, 0.15) is 5.71 Å². The van der Waals surface area contributed by atoms with Gasteiger partial charge in [-0.3, -0.25) is 5.43 Å². The van der Waals surface area contributed by atoms with Gasteiger partial charge < -0.3 is 15.6 Å². The van der Waals surface area contributed by atoms with Gasteiger partial charge in [-0.25, -0.2) is 0 Å². The molecule has 0 amide bonds. The average molecular weight is 301 g/mol. The number of hydrazone groups is 1. The standard InChI is InChI=1S/C9H8BrN3O2S/c10-6-4-2-1-3-5(6)7(8(14)15)12-13-9(11)16/h1-4H,(H,14,15)(H3,11,13,16)/p-1/b12-7+. The first-order valence-electron chi connectivity index (χ1n) is 4.11. The van der Waals surface area contributed by atoms with Gasteiger partial charge in [-0.2, -0.15) is 5.10 Å². The second-order valence-corrected chi connectivity index (χ2v) is 4.00. The quantitative estimate of drug-likeness (QED) is 0.456. The molecule has 0 fully saturated rings. The van der Waals surface area contributed by atoms with Crippen LogP contribution in [0.15, 0.2) is 33.8 Å². The van der Waals surface area contributed by atoms with Crippen LogP contribution in [0.4, 0.5) is 0 Å². The van der Waals surface area contributed by atoms with Crippen LogP contribution in [0.3, 0.4) is 0 Å². The van der Waals surface area contributed by atoms with E-state index in [0.717, 1.165) is 0 Å². The van der Waals surface area contributed by atoms with Gasteiger partial charge in [0.2, 0.25) is 0 Å². The smallest absolute Gasteiger partial charge is 0.184 e. The Balaban J connectivity index is 3.13. The van der Waals surface area contributed by atoms with Crippen molar-refractivity contribution in [2.24, 2.45) is 10.8 Å². The zero-order valence-electron chi connectivity index (χ0n) is 7.94. The van der Waals surface area contributed by atoms with Crippen LogP contribution in [0.2, 0.25) is 0 Å². The number of thiocarbonyl (C=S) groups is 1. The zero-order valence-corrected chi connectivity index (χ0v) is 10.3. The number of halogens is 1. The summed E-state index contributed by atoms with van der Waals surface area (Å²) in [5, 5.41) is 14.3. The van der Waals surface area contributed by atoms with E-state index < -0.39 is 5.97 Å². The molecule has 0 heterocycles. The summed E-state index contributed by atoms with van der Waals surface area (Å²) in [7, 11) is 0. The van der Waals surface area contributed by atoms with Crippen LogP contribution in [-0.4, -0.2) is 16.8 Å². The fraction of sp³-hybridized carbons (Fsp3) is 0. The number of carbonyl (C=O) groups excluding carboxylic acids is 1. The predicted octanol–water partition coefficient (Wildman–Crippen LogP) is -0.264. The summed E-state index contributed by atoms with van der Waals surface area (Å²) in [5.41, 5.74) is 7.46. The van der Waals surface area contributed by atoms with Crippen molar-refractivity contribution in [2.75, 3.05) is 0 Å². The summed E-state index contributed by atoms with van der Waals surface area (Å²) in [4.78, 5) is 10.9. The second-order valence-electron chi connectivity index (χ2n) is 2.70. The van der Waals surface area contributed by atoms with Crippen molar-refractivity contribution in [3.05, 3.63) is 34.3 Å². The Hall–Kier alpha value is -1.47. The van der Waals surface area contributed by atoms with Crippen LogP contribution >= 0.6 is 28.1 Å². The largest absolute Gasteiger partial charge is 0.543 e. The minimum Gasteiger partial charge on any atom is -0.543 e. The molecular weight excluding hydrogens is 294 g/mol. The molecule has 0 saturated heterocycles. The van der Waals surface area contributed by atoms with Crippen molar-refractivity contribution < 1.29 is 9.90 Å². The highest BCUT2D eigenvalue weighted by atomic mass is 79.9. The lowest BCUT2D eigenvalue weighted by Gasteiger charge is -2.09. The van der Waals surface area contributed by atoms with E-state index in [1.807, 2.05) is 0 Å². The zero-order chi connectivity index (χ0) is 12.1. The highest BCUT2D eigenvalue weighted by molar-refractivity contribution is 9.10. The number of nitrogens with zero attached hydrogens (tertiary/aromatic N) is 1. The Morgan fingerprint density at radius 2 is 2.12 bits per heavy atom. The molecule has 0 radical (unpaired) electrons. The van der Waals surface area contributed by atoms with Crippen molar-refractivity contribution in [1.29, 1.82) is 0 Å². The normalized spacial score (nSPS) is 10.9. The summed E-state index contributed by atoms with van der Waals surface area (Å²) in [5.74, 6) is -1.42. The maximum atomic E-state index is 10.9. The molecule has 1 aromatic rings. The fourth-order valence-electron chi connectivity index (χ4n) is 0.980. The van der Waals surface area contributed by atoms with Crippen LogP contribution in [0.5, 0.6) is 0 Å². The second kappa shape index (κ2) is 5.57. The van der Waals surface area contributed by atoms with Gasteiger partial charge in [-0.15, -0.1) is 0 Å². The number of carbonyl (C=O) groups is 1. The molecule has 3 N–H and O–H groups in total. The molecule has 0 saturated carbocycles. The Morgan fingerprint density at radius 1 is 1.50 bits per heavy atom. The number of hydrogen-bond acceptors (Lipinski definition) is 4. The number of carboxylic acids is 1. The third kappa shape index (κ3) is 3.28. The lowest BCUT2D eigenvalue weighted by atomic mass is 10.1. The molecule has 84 valence electrons. The summed E-state index contributed by atoms with van der Waals surface area (Å²) < 4.78 is 0.586. The van der Waals surface area contributed by atoms with Gasteiger partial charge in [0.25, 0.3) is 0 Å². The topological polar surface area (TPSA) is 90.5 Å². The first-order chi connectivity index (χ1) is 7.52. The monoisotopic (exact) mass is 300 g/mol. The molecule has 7 heteroatoms. The van der Waals surface area contributed by atoms with Gasteiger partial charge >= 0.3 is 0 Å². The number of rotatable bonds is 3. The molecule has 1 rings (SSSR count). The molecule has 0 atom stereocenters. The number of carboxylic acid groups (broad SMARTS) is 1. The maximum absolute atomic E-state index is 10.9. The number of benzene rings is 1. The van der Waals surface area contributed by atoms with E-state index in [1.165, 1.54) is 0 Å². The van der Waals surface area contributed by atoms with Crippen LogP contribution < -0.4 is 16.3 Å². The van der Waals surface area contributed by atoms with Gasteiger partial charge in [-0.05, 0) is 18.3 Å². The third-order valence-corrected chi connectivity index (χ3v) is 2.38. The Morgan fingerprint density at radius 3 is 2.62 bits per heavy atom. The summed E-state index contributed by atoms with van der Waals surface area (Å²) in [6.45, 7) is 0. The molecule has 1 aromatic carbocycles. The number of hydrogen-bond donors (Lipinski definition) is 2. The first kappa shape index (κ1) is 12.6. The van der Waals surface area contributed by atoms with Crippen molar-refractivity contribution in [3.8, 4) is 0 Å². The SMILES string of the molecule is NC(=S)N/N=C(/C(=O)[O-])c1ccccc1Br. The average Bonchev–Trinajstić information content (AvgIpc) is 2.20. The highest BCUT2D eigenvalue weighted by Crippen LogP contribution is 2.16. The van der Waals surface area contributed by atoms with E-state index >= 15 is 0 Å². The van der Waals surface area contributed by atoms with Crippen LogP contribution in [0.25, 0.3) is 0 Å². The molecule has 0 aromatic heterocycles. The summed E-state index contributed by atoms with van der Waals surface area (Å²) >= 11 is 7.73. The van der Waals surface area contributed by atoms with Crippen molar-refractivity contribution in [2.45, 2.75) is 0 Å². The van der Waals surface area contributed by atoms with Gasteiger partial charge in [0.15, 0.2) is 5.11 Å². The predicted molar refractivity (Wildman–Crippen MR) is 65.6 cm³/mol. The fourth-order valence-corrected chi connectivity index (χ4v) is 1.50.